The van der Waals surface area contributed by atoms with E-state index in [0.717, 1.165) is 0 Å². The van der Waals surface area contributed by atoms with E-state index in [1.54, 1.807) is 0 Å². The molecule has 2 radical (unpaired) electrons. The lowest BCUT2D eigenvalue weighted by Crippen LogP contribution is -2.29. The van der Waals surface area contributed by atoms with Crippen LogP contribution in [0.4, 0.5) is 0 Å². The Hall–Kier alpha value is -2.98. The van der Waals surface area contributed by atoms with Gasteiger partial charge < -0.3 is 0 Å². The highest BCUT2D eigenvalue weighted by Crippen LogP contribution is 2.34. The normalized spacial score (nSPS) is 11.4. The van der Waals surface area contributed by atoms with E-state index in [0.29, 0.717) is 9.52 Å². The average molecular weight is 447 g/mol. The van der Waals surface area contributed by atoms with Crippen LogP contribution in [-0.4, -0.2) is 9.52 Å². The Labute approximate surface area is 192 Å². The zero-order valence-corrected chi connectivity index (χ0v) is 19.3. The van der Waals surface area contributed by atoms with Gasteiger partial charge >= 0.3 is 0 Å². The molecule has 0 fully saturated rings. The van der Waals surface area contributed by atoms with E-state index in [4.69, 9.17) is 0 Å². The van der Waals surface area contributed by atoms with Gasteiger partial charge in [0.1, 0.15) is 9.52 Å². The number of fused-ring (bicyclic) bond motifs is 2. The molecule has 0 atom stereocenters. The maximum absolute atomic E-state index is 2.33. The van der Waals surface area contributed by atoms with Gasteiger partial charge in [0.15, 0.2) is 0 Å². The van der Waals surface area contributed by atoms with E-state index in [1.807, 2.05) is 22.7 Å². The predicted octanol–water partition coefficient (Wildman–Crippen LogP) is 7.11. The van der Waals surface area contributed by atoms with Crippen molar-refractivity contribution < 1.29 is 0 Å². The molecule has 0 unspecified atom stereocenters. The van der Waals surface area contributed by atoms with Crippen LogP contribution in [0.2, 0.25) is 0 Å². The van der Waals surface area contributed by atoms with Crippen LogP contribution in [0, 0.1) is 0 Å². The number of hydrogen-bond acceptors (Lipinski definition) is 2. The molecule has 146 valence electrons. The van der Waals surface area contributed by atoms with Gasteiger partial charge in [0.05, 0.1) is 0 Å². The number of hydrogen-bond donors (Lipinski definition) is 0. The molecule has 31 heavy (non-hydrogen) atoms. The third-order valence-electron chi connectivity index (χ3n) is 5.51. The summed E-state index contributed by atoms with van der Waals surface area (Å²) in [5, 5.41) is 5.46. The molecule has 2 heterocycles. The Morgan fingerprint density at radius 2 is 0.871 bits per heavy atom. The van der Waals surface area contributed by atoms with Crippen LogP contribution >= 0.6 is 22.7 Å². The van der Waals surface area contributed by atoms with Crippen molar-refractivity contribution in [2.75, 3.05) is 0 Å². The van der Waals surface area contributed by atoms with Gasteiger partial charge in [-0.1, -0.05) is 84.9 Å². The van der Waals surface area contributed by atoms with Gasteiger partial charge in [-0.3, -0.25) is 0 Å². The first-order valence-corrected chi connectivity index (χ1v) is 12.9. The molecule has 0 spiro atoms. The lowest BCUT2D eigenvalue weighted by Gasteiger charge is -2.10. The van der Waals surface area contributed by atoms with Crippen molar-refractivity contribution in [3.8, 4) is 20.9 Å². The molecule has 0 aliphatic carbocycles. The monoisotopic (exact) mass is 446 g/mol. The van der Waals surface area contributed by atoms with E-state index in [1.165, 1.54) is 51.4 Å². The molecule has 4 aromatic carbocycles. The van der Waals surface area contributed by atoms with Gasteiger partial charge in [-0.25, -0.2) is 0 Å². The first-order chi connectivity index (χ1) is 15.3. The third-order valence-corrected chi connectivity index (χ3v) is 9.21. The first-order valence-electron chi connectivity index (χ1n) is 10.3. The number of rotatable bonds is 4. The largest absolute Gasteiger partial charge is 0.135 e. The third kappa shape index (κ3) is 3.55. The average Bonchev–Trinajstić information content (AvgIpc) is 3.44. The quantitative estimate of drug-likeness (QED) is 0.253. The fourth-order valence-electron chi connectivity index (χ4n) is 3.99. The molecule has 0 nitrogen and oxygen atoms in total. The molecule has 0 N–H and O–H groups in total. The fourth-order valence-corrected chi connectivity index (χ4v) is 7.73. The minimum absolute atomic E-state index is 0.613. The van der Waals surface area contributed by atoms with Crippen LogP contribution in [0.25, 0.3) is 41.1 Å². The molecular weight excluding hydrogens is 429 g/mol. The summed E-state index contributed by atoms with van der Waals surface area (Å²) in [6.45, 7) is 0. The molecular formula is C28H18S2Si. The molecule has 6 rings (SSSR count). The van der Waals surface area contributed by atoms with E-state index in [9.17, 15) is 0 Å². The maximum atomic E-state index is 2.33. The Kier molecular flexibility index (Phi) is 4.80. The van der Waals surface area contributed by atoms with Gasteiger partial charge in [-0.2, -0.15) is 0 Å². The molecule has 2 aromatic heterocycles. The molecule has 0 bridgehead atoms. The Balaban J connectivity index is 1.43. The van der Waals surface area contributed by atoms with Gasteiger partial charge in [-0.05, 0) is 56.5 Å². The van der Waals surface area contributed by atoms with E-state index >= 15 is 0 Å². The van der Waals surface area contributed by atoms with Crippen LogP contribution in [0.1, 0.15) is 0 Å². The molecule has 0 aliphatic rings. The molecule has 0 saturated heterocycles. The van der Waals surface area contributed by atoms with Crippen LogP contribution < -0.4 is 10.4 Å². The van der Waals surface area contributed by atoms with Crippen LogP contribution in [-0.2, 0) is 0 Å². The highest BCUT2D eigenvalue weighted by atomic mass is 32.1. The van der Waals surface area contributed by atoms with E-state index in [-0.39, 0.29) is 0 Å². The van der Waals surface area contributed by atoms with E-state index < -0.39 is 0 Å². The maximum Gasteiger partial charge on any atom is 0.123 e. The van der Waals surface area contributed by atoms with Crippen molar-refractivity contribution in [3.05, 3.63) is 109 Å². The standard InChI is InChI=1S/C28H18S2Si/c1-5-13-23-19(9-1)17-25(29-23)21-11-3-7-15-27(21)31-28-16-8-4-12-22(28)26-18-20-10-2-6-14-24(20)30-26/h1-18H. The van der Waals surface area contributed by atoms with Crippen molar-refractivity contribution in [1.29, 1.82) is 0 Å². The van der Waals surface area contributed by atoms with Gasteiger partial charge in [0.25, 0.3) is 0 Å². The fraction of sp³-hybridized carbons (Fsp3) is 0. The van der Waals surface area contributed by atoms with Gasteiger partial charge in [0.2, 0.25) is 0 Å². The smallest absolute Gasteiger partial charge is 0.123 e. The highest BCUT2D eigenvalue weighted by molar-refractivity contribution is 7.22. The summed E-state index contributed by atoms with van der Waals surface area (Å²) in [5.74, 6) is 0. The number of benzene rings is 4. The van der Waals surface area contributed by atoms with Crippen LogP contribution in [0.3, 0.4) is 0 Å². The summed E-state index contributed by atoms with van der Waals surface area (Å²) < 4.78 is 2.70. The van der Waals surface area contributed by atoms with Gasteiger partial charge in [-0.15, -0.1) is 22.7 Å². The summed E-state index contributed by atoms with van der Waals surface area (Å²) in [7, 11) is 0.613. The summed E-state index contributed by atoms with van der Waals surface area (Å²) in [5.41, 5.74) is 2.71. The molecule has 0 aliphatic heterocycles. The molecule has 0 amide bonds. The SMILES string of the molecule is c1ccc(-c2cc3ccccc3s2)c([Si]c2ccccc2-c2cc3ccccc3s2)c1. The number of thiophene rings is 2. The lowest BCUT2D eigenvalue weighted by atomic mass is 10.1. The molecule has 6 aromatic rings. The molecule has 3 heteroatoms. The van der Waals surface area contributed by atoms with Crippen LogP contribution in [0.15, 0.2) is 109 Å². The Bertz CT molecular complexity index is 1340. The van der Waals surface area contributed by atoms with Crippen molar-refractivity contribution >= 4 is 62.7 Å². The summed E-state index contributed by atoms with van der Waals surface area (Å²) in [6.07, 6.45) is 0. The summed E-state index contributed by atoms with van der Waals surface area (Å²) in [6, 6.07) is 39.8. The zero-order valence-electron chi connectivity index (χ0n) is 16.7. The zero-order chi connectivity index (χ0) is 20.6. The van der Waals surface area contributed by atoms with Gasteiger partial charge in [0, 0.05) is 19.2 Å². The molecule has 0 saturated carbocycles. The van der Waals surface area contributed by atoms with Crippen LogP contribution in [0.5, 0.6) is 0 Å². The Morgan fingerprint density at radius 3 is 1.35 bits per heavy atom. The lowest BCUT2D eigenvalue weighted by molar-refractivity contribution is 1.73. The van der Waals surface area contributed by atoms with Crippen molar-refractivity contribution in [2.24, 2.45) is 0 Å². The summed E-state index contributed by atoms with van der Waals surface area (Å²) in [4.78, 5) is 2.70. The topological polar surface area (TPSA) is 0 Å². The van der Waals surface area contributed by atoms with E-state index in [2.05, 4.69) is 109 Å². The highest BCUT2D eigenvalue weighted by Gasteiger charge is 2.14. The second kappa shape index (κ2) is 7.93. The Morgan fingerprint density at radius 1 is 0.452 bits per heavy atom. The predicted molar refractivity (Wildman–Crippen MR) is 140 cm³/mol. The van der Waals surface area contributed by atoms with Crippen molar-refractivity contribution in [1.82, 2.24) is 0 Å². The second-order valence-corrected chi connectivity index (χ2v) is 11.0. The minimum Gasteiger partial charge on any atom is -0.135 e. The first kappa shape index (κ1) is 18.8. The summed E-state index contributed by atoms with van der Waals surface area (Å²) >= 11 is 3.77. The second-order valence-electron chi connectivity index (χ2n) is 7.51. The van der Waals surface area contributed by atoms with Crippen molar-refractivity contribution in [3.63, 3.8) is 0 Å². The van der Waals surface area contributed by atoms with Crippen molar-refractivity contribution in [2.45, 2.75) is 0 Å². The minimum atomic E-state index is 0.613.